The average molecular weight is 398 g/mol. The highest BCUT2D eigenvalue weighted by Crippen LogP contribution is 2.09. The molecule has 3 aromatic rings. The van der Waals surface area contributed by atoms with Crippen LogP contribution >= 0.6 is 0 Å². The molecule has 0 aliphatic carbocycles. The molecule has 0 aliphatic rings. The van der Waals surface area contributed by atoms with Crippen molar-refractivity contribution < 1.29 is 18.8 Å². The molecular weight excluding hydrogens is 380 g/mol. The van der Waals surface area contributed by atoms with Gasteiger partial charge in [-0.15, -0.1) is 0 Å². The van der Waals surface area contributed by atoms with Gasteiger partial charge in [-0.05, 0) is 29.8 Å². The number of carboxylic acid groups (broad SMARTS) is 1. The first-order valence-electron chi connectivity index (χ1n) is 8.40. The first-order chi connectivity index (χ1) is 13.5. The number of hydrogen-bond acceptors (Lipinski definition) is 4. The lowest BCUT2D eigenvalue weighted by atomic mass is 10.2. The lowest BCUT2D eigenvalue weighted by Crippen LogP contribution is -2.19. The topological polar surface area (TPSA) is 108 Å². The zero-order valence-corrected chi connectivity index (χ0v) is 15.6. The molecule has 0 saturated heterocycles. The third-order valence-corrected chi connectivity index (χ3v) is 4.99. The Morgan fingerprint density at radius 1 is 1.11 bits per heavy atom. The predicted molar refractivity (Wildman–Crippen MR) is 104 cm³/mol. The molecule has 0 aliphatic heterocycles. The molecule has 28 heavy (non-hydrogen) atoms. The van der Waals surface area contributed by atoms with E-state index in [0.29, 0.717) is 10.6 Å². The zero-order chi connectivity index (χ0) is 19.9. The molecular formula is C20H18N2O5S. The lowest BCUT2D eigenvalue weighted by Gasteiger charge is -2.08. The van der Waals surface area contributed by atoms with Crippen molar-refractivity contribution in [3.8, 4) is 5.75 Å². The summed E-state index contributed by atoms with van der Waals surface area (Å²) >= 11 is 0. The molecule has 0 bridgehead atoms. The van der Waals surface area contributed by atoms with Gasteiger partial charge in [-0.3, -0.25) is 4.79 Å². The van der Waals surface area contributed by atoms with Crippen LogP contribution in [0.2, 0.25) is 0 Å². The fraction of sp³-hybridized carbons (Fsp3) is 0.100. The van der Waals surface area contributed by atoms with E-state index < -0.39 is 17.0 Å². The largest absolute Gasteiger partial charge is 0.483 e. The van der Waals surface area contributed by atoms with Crippen molar-refractivity contribution in [2.24, 2.45) is 0 Å². The van der Waals surface area contributed by atoms with Crippen molar-refractivity contribution >= 4 is 17.0 Å². The molecule has 0 amide bonds. The molecule has 0 spiro atoms. The van der Waals surface area contributed by atoms with Gasteiger partial charge < -0.3 is 14.8 Å². The fourth-order valence-electron chi connectivity index (χ4n) is 2.40. The predicted octanol–water partition coefficient (Wildman–Crippen LogP) is 2.46. The molecule has 0 radical (unpaired) electrons. The first kappa shape index (κ1) is 19.5. The van der Waals surface area contributed by atoms with Crippen LogP contribution in [-0.4, -0.2) is 20.3 Å². The van der Waals surface area contributed by atoms with Crippen LogP contribution in [0.1, 0.15) is 21.6 Å². The van der Waals surface area contributed by atoms with Crippen molar-refractivity contribution in [1.82, 2.24) is 9.71 Å². The second-order valence-electron chi connectivity index (χ2n) is 5.88. The summed E-state index contributed by atoms with van der Waals surface area (Å²) < 4.78 is 20.6. The van der Waals surface area contributed by atoms with E-state index in [1.54, 1.807) is 0 Å². The van der Waals surface area contributed by atoms with E-state index in [1.165, 1.54) is 36.5 Å². The van der Waals surface area contributed by atoms with Crippen LogP contribution in [0.4, 0.5) is 0 Å². The summed E-state index contributed by atoms with van der Waals surface area (Å²) in [6.45, 7) is 0.458. The smallest absolute Gasteiger partial charge is 0.335 e. The number of pyridine rings is 1. The number of ether oxygens (including phenoxy) is 1. The fourth-order valence-corrected chi connectivity index (χ4v) is 3.23. The standard InChI is InChI=1S/C20H18N2O5S/c23-18-10-16(21-12-19(18)27-13-14-4-2-1-3-5-14)11-22-28(26)17-8-6-15(7-9-17)20(24)25/h1-10,12,22H,11,13H2,(H,21,23)(H,24,25). The van der Waals surface area contributed by atoms with Crippen molar-refractivity contribution in [2.45, 2.75) is 18.0 Å². The van der Waals surface area contributed by atoms with E-state index in [2.05, 4.69) is 9.71 Å². The van der Waals surface area contributed by atoms with Crippen molar-refractivity contribution in [2.75, 3.05) is 0 Å². The van der Waals surface area contributed by atoms with Gasteiger partial charge in [0.2, 0.25) is 5.43 Å². The number of benzene rings is 2. The van der Waals surface area contributed by atoms with Crippen molar-refractivity contribution in [3.63, 3.8) is 0 Å². The number of carboxylic acids is 1. The van der Waals surface area contributed by atoms with Crippen LogP contribution in [0.25, 0.3) is 0 Å². The van der Waals surface area contributed by atoms with Gasteiger partial charge >= 0.3 is 5.97 Å². The monoisotopic (exact) mass is 398 g/mol. The third-order valence-electron chi connectivity index (χ3n) is 3.88. The van der Waals surface area contributed by atoms with Crippen molar-refractivity contribution in [1.29, 1.82) is 0 Å². The van der Waals surface area contributed by atoms with Gasteiger partial charge in [0.1, 0.15) is 17.6 Å². The highest BCUT2D eigenvalue weighted by Gasteiger charge is 2.08. The minimum absolute atomic E-state index is 0.121. The van der Waals surface area contributed by atoms with Crippen LogP contribution in [0.15, 0.2) is 76.6 Å². The summed E-state index contributed by atoms with van der Waals surface area (Å²) in [7, 11) is -1.54. The van der Waals surface area contributed by atoms with Gasteiger partial charge in [-0.25, -0.2) is 13.7 Å². The number of H-pyrrole nitrogens is 1. The normalized spacial score (nSPS) is 11.7. The maximum absolute atomic E-state index is 12.2. The van der Waals surface area contributed by atoms with E-state index in [9.17, 15) is 13.8 Å². The summed E-state index contributed by atoms with van der Waals surface area (Å²) in [6, 6.07) is 16.6. The van der Waals surface area contributed by atoms with Crippen LogP contribution in [0.5, 0.6) is 5.75 Å². The second-order valence-corrected chi connectivity index (χ2v) is 7.18. The van der Waals surface area contributed by atoms with Crippen molar-refractivity contribution in [3.05, 3.63) is 93.9 Å². The van der Waals surface area contributed by atoms with Gasteiger partial charge in [0.15, 0.2) is 5.75 Å². The summed E-state index contributed by atoms with van der Waals surface area (Å²) in [6.07, 6.45) is 1.48. The Morgan fingerprint density at radius 3 is 2.46 bits per heavy atom. The number of carbonyl (C=O) groups is 1. The Balaban J connectivity index is 1.57. The van der Waals surface area contributed by atoms with E-state index in [0.717, 1.165) is 5.56 Å². The highest BCUT2D eigenvalue weighted by molar-refractivity contribution is 7.83. The Kier molecular flexibility index (Phi) is 6.36. The molecule has 3 N–H and O–H groups in total. The summed E-state index contributed by atoms with van der Waals surface area (Å²) in [5.74, 6) is -0.838. The Hall–Kier alpha value is -3.23. The van der Waals surface area contributed by atoms with E-state index >= 15 is 0 Å². The number of rotatable bonds is 8. The molecule has 1 atom stereocenters. The minimum Gasteiger partial charge on any atom is -0.483 e. The van der Waals surface area contributed by atoms with Gasteiger partial charge in [-0.2, -0.15) is 0 Å². The van der Waals surface area contributed by atoms with Crippen LogP contribution < -0.4 is 14.9 Å². The van der Waals surface area contributed by atoms with Gasteiger partial charge in [-0.1, -0.05) is 30.3 Å². The van der Waals surface area contributed by atoms with Crippen LogP contribution in [-0.2, 0) is 24.1 Å². The van der Waals surface area contributed by atoms with Gasteiger partial charge in [0.25, 0.3) is 0 Å². The average Bonchev–Trinajstić information content (AvgIpc) is 2.72. The maximum Gasteiger partial charge on any atom is 0.335 e. The first-order valence-corrected chi connectivity index (χ1v) is 9.55. The SMILES string of the molecule is O=C(O)c1ccc(S(=O)NCc2cc(=O)c(OCc3ccccc3)c[nH]2)cc1. The van der Waals surface area contributed by atoms with E-state index in [1.807, 2.05) is 30.3 Å². The summed E-state index contributed by atoms with van der Waals surface area (Å²) in [5, 5.41) is 8.88. The molecule has 1 heterocycles. The molecule has 2 aromatic carbocycles. The molecule has 0 fully saturated rings. The minimum atomic E-state index is -1.54. The number of hydrogen-bond donors (Lipinski definition) is 3. The molecule has 3 rings (SSSR count). The number of aromatic nitrogens is 1. The quantitative estimate of drug-likeness (QED) is 0.540. The number of aromatic amines is 1. The lowest BCUT2D eigenvalue weighted by molar-refractivity contribution is 0.0697. The Morgan fingerprint density at radius 2 is 1.82 bits per heavy atom. The highest BCUT2D eigenvalue weighted by atomic mass is 32.2. The zero-order valence-electron chi connectivity index (χ0n) is 14.8. The Labute approximate surface area is 163 Å². The molecule has 1 aromatic heterocycles. The number of nitrogens with one attached hydrogen (secondary N) is 2. The summed E-state index contributed by atoms with van der Waals surface area (Å²) in [4.78, 5) is 26.4. The van der Waals surface area contributed by atoms with E-state index in [4.69, 9.17) is 9.84 Å². The molecule has 7 nitrogen and oxygen atoms in total. The molecule has 1 unspecified atom stereocenters. The Bertz CT molecular complexity index is 1030. The van der Waals surface area contributed by atoms with Crippen LogP contribution in [0.3, 0.4) is 0 Å². The summed E-state index contributed by atoms with van der Waals surface area (Å²) in [5.41, 5.74) is 1.35. The maximum atomic E-state index is 12.2. The molecule has 144 valence electrons. The van der Waals surface area contributed by atoms with Crippen LogP contribution in [0, 0.1) is 0 Å². The molecule has 0 saturated carbocycles. The molecule has 8 heteroatoms. The second kappa shape index (κ2) is 9.12. The number of aromatic carboxylic acids is 1. The van der Waals surface area contributed by atoms with E-state index in [-0.39, 0.29) is 29.9 Å². The third kappa shape index (κ3) is 5.15. The van der Waals surface area contributed by atoms with Gasteiger partial charge in [0, 0.05) is 24.5 Å². The van der Waals surface area contributed by atoms with Gasteiger partial charge in [0.05, 0.1) is 10.5 Å².